The van der Waals surface area contributed by atoms with Crippen LogP contribution in [0.25, 0.3) is 22.0 Å². The van der Waals surface area contributed by atoms with Crippen LogP contribution in [0.5, 0.6) is 0 Å². The van der Waals surface area contributed by atoms with E-state index in [4.69, 9.17) is 5.26 Å². The van der Waals surface area contributed by atoms with Crippen LogP contribution in [-0.2, 0) is 20.7 Å². The van der Waals surface area contributed by atoms with Crippen molar-refractivity contribution in [1.29, 1.82) is 5.26 Å². The lowest BCUT2D eigenvalue weighted by atomic mass is 10.0. The zero-order valence-electron chi connectivity index (χ0n) is 27.9. The molecule has 4 aromatic carbocycles. The van der Waals surface area contributed by atoms with E-state index in [0.717, 1.165) is 39.6 Å². The van der Waals surface area contributed by atoms with Crippen molar-refractivity contribution >= 4 is 38.6 Å². The van der Waals surface area contributed by atoms with Crippen LogP contribution in [0.3, 0.4) is 0 Å². The van der Waals surface area contributed by atoms with Gasteiger partial charge in [-0.2, -0.15) is 5.26 Å². The maximum absolute atomic E-state index is 12.1. The van der Waals surface area contributed by atoms with Crippen LogP contribution in [0.4, 0.5) is 0 Å². The van der Waals surface area contributed by atoms with Gasteiger partial charge in [0.25, 0.3) is 5.56 Å². The van der Waals surface area contributed by atoms with Gasteiger partial charge in [-0.3, -0.25) is 9.59 Å². The van der Waals surface area contributed by atoms with E-state index in [1.807, 2.05) is 95.3 Å². The zero-order valence-corrected chi connectivity index (χ0v) is 29.5. The molecule has 1 aromatic heterocycles. The van der Waals surface area contributed by atoms with Gasteiger partial charge in [0.15, 0.2) is 0 Å². The Morgan fingerprint density at radius 1 is 0.809 bits per heavy atom. The minimum Gasteiger partial charge on any atom is -0.468 e. The molecule has 0 saturated heterocycles. The first-order valence-electron chi connectivity index (χ1n) is 15.4. The van der Waals surface area contributed by atoms with Crippen LogP contribution in [0.1, 0.15) is 70.7 Å². The normalized spacial score (nSPS) is 10.6. The Balaban J connectivity index is 0.000000243. The van der Waals surface area contributed by atoms with Crippen LogP contribution in [0.2, 0.25) is 0 Å². The molecule has 1 heterocycles. The van der Waals surface area contributed by atoms with Crippen LogP contribution in [-0.4, -0.2) is 31.1 Å². The van der Waals surface area contributed by atoms with Gasteiger partial charge < -0.3 is 14.5 Å². The number of carbonyl (C=O) groups excluding carboxylic acids is 2. The Morgan fingerprint density at radius 2 is 1.38 bits per heavy atom. The standard InChI is InChI=1S/C16H11NO.C11H11BrO4.C8H7N.2C2H6/c18-16-13-8-4-3-7-12(13)14-9-10-5-1-2-6-11(10)15(14)17-16;1-15-10(13)8-6-4-3-5-7(8)9(12)11(14)16-2;1-7-4-2-3-5-8(7)6-9;2*1-2/h1-8H,9H2,(H,17,18);3-6,9H,1-2H3;2-5H,1H3;2*1-2H3. The minimum absolute atomic E-state index is 0.000975. The number of methoxy groups -OCH3 is 2. The average Bonchev–Trinajstić information content (AvgIpc) is 3.52. The second-order valence-electron chi connectivity index (χ2n) is 9.58. The first-order valence-corrected chi connectivity index (χ1v) is 16.3. The van der Waals surface area contributed by atoms with Gasteiger partial charge in [-0.15, -0.1) is 0 Å². The number of carbonyl (C=O) groups is 2. The number of alkyl halides is 1. The summed E-state index contributed by atoms with van der Waals surface area (Å²) in [4.78, 5) is 37.3. The number of esters is 2. The maximum atomic E-state index is 12.1. The van der Waals surface area contributed by atoms with Crippen molar-refractivity contribution in [1.82, 2.24) is 4.98 Å². The van der Waals surface area contributed by atoms with Crippen molar-refractivity contribution in [2.75, 3.05) is 14.2 Å². The van der Waals surface area contributed by atoms with Crippen molar-refractivity contribution in [3.8, 4) is 17.3 Å². The number of nitriles is 1. The van der Waals surface area contributed by atoms with Gasteiger partial charge in [-0.05, 0) is 52.8 Å². The highest BCUT2D eigenvalue weighted by molar-refractivity contribution is 9.09. The monoisotopic (exact) mass is 696 g/mol. The second kappa shape index (κ2) is 19.5. The molecule has 0 amide bonds. The molecule has 0 radical (unpaired) electrons. The van der Waals surface area contributed by atoms with E-state index >= 15 is 0 Å². The molecule has 1 aliphatic rings. The van der Waals surface area contributed by atoms with E-state index in [2.05, 4.69) is 48.6 Å². The Morgan fingerprint density at radius 3 is 2.00 bits per heavy atom. The lowest BCUT2D eigenvalue weighted by Gasteiger charge is -2.11. The fourth-order valence-electron chi connectivity index (χ4n) is 4.80. The molecule has 47 heavy (non-hydrogen) atoms. The average molecular weight is 698 g/mol. The highest BCUT2D eigenvalue weighted by atomic mass is 79.9. The number of nitrogens with zero attached hydrogens (tertiary/aromatic N) is 1. The molecule has 5 aromatic rings. The molecule has 1 aliphatic carbocycles. The summed E-state index contributed by atoms with van der Waals surface area (Å²) in [6, 6.07) is 32.4. The molecular formula is C39H41BrN2O5. The number of aromatic nitrogens is 1. The number of aryl methyl sites for hydroxylation is 1. The molecule has 0 saturated carbocycles. The fraction of sp³-hybridized carbons (Fsp3) is 0.231. The molecule has 1 atom stereocenters. The Labute approximate surface area is 285 Å². The Kier molecular flexibility index (Phi) is 15.8. The number of aromatic amines is 1. The Hall–Kier alpha value is -5.00. The summed E-state index contributed by atoms with van der Waals surface area (Å²) in [6.45, 7) is 9.93. The first kappa shape index (κ1) is 38.2. The minimum atomic E-state index is -0.673. The topological polar surface area (TPSA) is 109 Å². The summed E-state index contributed by atoms with van der Waals surface area (Å²) in [6.07, 6.45) is 0.906. The highest BCUT2D eigenvalue weighted by Crippen LogP contribution is 2.37. The third-order valence-electron chi connectivity index (χ3n) is 7.00. The van der Waals surface area contributed by atoms with E-state index in [0.29, 0.717) is 11.1 Å². The molecule has 8 heteroatoms. The van der Waals surface area contributed by atoms with Gasteiger partial charge >= 0.3 is 11.9 Å². The first-order chi connectivity index (χ1) is 22.8. The quantitative estimate of drug-likeness (QED) is 0.146. The lowest BCUT2D eigenvalue weighted by molar-refractivity contribution is -0.139. The van der Waals surface area contributed by atoms with Crippen molar-refractivity contribution < 1.29 is 19.1 Å². The van der Waals surface area contributed by atoms with Crippen molar-refractivity contribution in [3.05, 3.63) is 141 Å². The molecule has 0 aliphatic heterocycles. The number of H-pyrrole nitrogens is 1. The molecule has 0 fully saturated rings. The van der Waals surface area contributed by atoms with Crippen LogP contribution in [0.15, 0.2) is 102 Å². The van der Waals surface area contributed by atoms with Gasteiger partial charge in [0, 0.05) is 17.4 Å². The molecule has 1 N–H and O–H groups in total. The summed E-state index contributed by atoms with van der Waals surface area (Å²) in [5.41, 5.74) is 7.37. The molecule has 0 spiro atoms. The number of pyridine rings is 1. The van der Waals surface area contributed by atoms with E-state index < -0.39 is 16.8 Å². The summed E-state index contributed by atoms with van der Waals surface area (Å²) >= 11 is 3.18. The van der Waals surface area contributed by atoms with Crippen molar-refractivity contribution in [2.24, 2.45) is 0 Å². The lowest BCUT2D eigenvalue weighted by Crippen LogP contribution is -2.13. The predicted octanol–water partition coefficient (Wildman–Crippen LogP) is 9.10. The number of hydrogen-bond acceptors (Lipinski definition) is 6. The fourth-order valence-corrected chi connectivity index (χ4v) is 5.39. The second-order valence-corrected chi connectivity index (χ2v) is 10.5. The summed E-state index contributed by atoms with van der Waals surface area (Å²) in [5.74, 6) is -0.944. The number of rotatable bonds is 3. The third-order valence-corrected chi connectivity index (χ3v) is 7.87. The molecule has 0 bridgehead atoms. The van der Waals surface area contributed by atoms with E-state index in [-0.39, 0.29) is 5.56 Å². The van der Waals surface area contributed by atoms with Crippen molar-refractivity contribution in [2.45, 2.75) is 45.9 Å². The summed E-state index contributed by atoms with van der Waals surface area (Å²) in [5, 5.41) is 10.3. The third kappa shape index (κ3) is 9.50. The molecule has 6 rings (SSSR count). The van der Waals surface area contributed by atoms with E-state index in [9.17, 15) is 14.4 Å². The largest absolute Gasteiger partial charge is 0.468 e. The van der Waals surface area contributed by atoms with Gasteiger partial charge in [-0.25, -0.2) is 4.79 Å². The van der Waals surface area contributed by atoms with Gasteiger partial charge in [-0.1, -0.05) is 122 Å². The summed E-state index contributed by atoms with van der Waals surface area (Å²) in [7, 11) is 2.58. The van der Waals surface area contributed by atoms with Gasteiger partial charge in [0.1, 0.15) is 4.83 Å². The smallest absolute Gasteiger partial charge is 0.338 e. The number of fused-ring (bicyclic) bond motifs is 5. The number of hydrogen-bond donors (Lipinski definition) is 1. The van der Waals surface area contributed by atoms with Crippen LogP contribution < -0.4 is 5.56 Å². The Bertz CT molecular complexity index is 1890. The molecule has 244 valence electrons. The van der Waals surface area contributed by atoms with E-state index in [1.165, 1.54) is 25.3 Å². The van der Waals surface area contributed by atoms with Gasteiger partial charge in [0.05, 0.1) is 37.1 Å². The van der Waals surface area contributed by atoms with Gasteiger partial charge in [0.2, 0.25) is 0 Å². The summed E-state index contributed by atoms with van der Waals surface area (Å²) < 4.78 is 9.23. The molecule has 1 unspecified atom stereocenters. The zero-order chi connectivity index (χ0) is 34.9. The van der Waals surface area contributed by atoms with E-state index in [1.54, 1.807) is 24.3 Å². The van der Waals surface area contributed by atoms with Crippen LogP contribution in [0, 0.1) is 18.3 Å². The molecular weight excluding hydrogens is 656 g/mol. The highest BCUT2D eigenvalue weighted by Gasteiger charge is 2.24. The molecule has 7 nitrogen and oxygen atoms in total. The number of benzene rings is 4. The maximum Gasteiger partial charge on any atom is 0.338 e. The van der Waals surface area contributed by atoms with Crippen LogP contribution >= 0.6 is 15.9 Å². The van der Waals surface area contributed by atoms with Crippen molar-refractivity contribution in [3.63, 3.8) is 0 Å². The number of halogens is 1. The number of nitrogens with one attached hydrogen (secondary N) is 1. The SMILES string of the molecule is CC.CC.COC(=O)c1ccccc1C(Br)C(=O)OC.Cc1ccccc1C#N.O=c1[nH]c2c(c3ccccc13)Cc1ccccc1-2. The predicted molar refractivity (Wildman–Crippen MR) is 193 cm³/mol. The number of ether oxygens (including phenoxy) is 2.